The number of aromatic amines is 1. The van der Waals surface area contributed by atoms with Crippen LogP contribution in [-0.4, -0.2) is 33.4 Å². The third-order valence-corrected chi connectivity index (χ3v) is 3.51. The molecule has 1 aromatic rings. The Morgan fingerprint density at radius 2 is 2.19 bits per heavy atom. The molecule has 2 rings (SSSR count). The Morgan fingerprint density at radius 1 is 1.38 bits per heavy atom. The fraction of sp³-hybridized carbons (Fsp3) is 0.818. The van der Waals surface area contributed by atoms with Crippen LogP contribution in [0, 0.1) is 5.41 Å². The van der Waals surface area contributed by atoms with Gasteiger partial charge in [0.1, 0.15) is 12.2 Å². The number of H-pyrrole nitrogens is 1. The average Bonchev–Trinajstić information content (AvgIpc) is 2.83. The zero-order valence-electron chi connectivity index (χ0n) is 9.58. The highest BCUT2D eigenvalue weighted by Crippen LogP contribution is 2.35. The van der Waals surface area contributed by atoms with E-state index in [2.05, 4.69) is 20.5 Å². The molecule has 1 aromatic heterocycles. The Morgan fingerprint density at radius 3 is 2.81 bits per heavy atom. The standard InChI is InChI=1S/C11H20N4O/c16-8-11(4-2-1-3-5-11)7-12-6-10-13-9-14-15-10/h9,12,16H,1-8H2,(H,13,14,15). The van der Waals surface area contributed by atoms with Crippen molar-refractivity contribution in [2.75, 3.05) is 13.2 Å². The summed E-state index contributed by atoms with van der Waals surface area (Å²) in [5, 5.41) is 19.5. The maximum atomic E-state index is 9.52. The van der Waals surface area contributed by atoms with E-state index in [4.69, 9.17) is 0 Å². The van der Waals surface area contributed by atoms with Crippen LogP contribution < -0.4 is 5.32 Å². The molecule has 5 nitrogen and oxygen atoms in total. The van der Waals surface area contributed by atoms with Crippen LogP contribution >= 0.6 is 0 Å². The summed E-state index contributed by atoms with van der Waals surface area (Å²) in [7, 11) is 0. The van der Waals surface area contributed by atoms with Gasteiger partial charge in [-0.05, 0) is 12.8 Å². The van der Waals surface area contributed by atoms with E-state index in [1.807, 2.05) is 0 Å². The van der Waals surface area contributed by atoms with Gasteiger partial charge in [0.2, 0.25) is 0 Å². The molecule has 1 heterocycles. The van der Waals surface area contributed by atoms with Crippen molar-refractivity contribution in [2.24, 2.45) is 5.41 Å². The predicted molar refractivity (Wildman–Crippen MR) is 60.7 cm³/mol. The van der Waals surface area contributed by atoms with E-state index in [9.17, 15) is 5.11 Å². The number of aliphatic hydroxyl groups excluding tert-OH is 1. The minimum Gasteiger partial charge on any atom is -0.396 e. The summed E-state index contributed by atoms with van der Waals surface area (Å²) in [6, 6.07) is 0. The monoisotopic (exact) mass is 224 g/mol. The molecule has 16 heavy (non-hydrogen) atoms. The van der Waals surface area contributed by atoms with Crippen LogP contribution in [0.25, 0.3) is 0 Å². The second kappa shape index (κ2) is 5.41. The van der Waals surface area contributed by atoms with Crippen LogP contribution in [-0.2, 0) is 6.54 Å². The van der Waals surface area contributed by atoms with Gasteiger partial charge in [-0.15, -0.1) is 0 Å². The van der Waals surface area contributed by atoms with Crippen LogP contribution in [0.3, 0.4) is 0 Å². The van der Waals surface area contributed by atoms with E-state index < -0.39 is 0 Å². The zero-order valence-corrected chi connectivity index (χ0v) is 9.58. The summed E-state index contributed by atoms with van der Waals surface area (Å²) >= 11 is 0. The number of hydrogen-bond donors (Lipinski definition) is 3. The minimum absolute atomic E-state index is 0.0955. The fourth-order valence-corrected chi connectivity index (χ4v) is 2.45. The largest absolute Gasteiger partial charge is 0.396 e. The van der Waals surface area contributed by atoms with E-state index >= 15 is 0 Å². The normalized spacial score (nSPS) is 19.8. The first-order chi connectivity index (χ1) is 7.85. The maximum Gasteiger partial charge on any atom is 0.138 e. The minimum atomic E-state index is 0.0955. The van der Waals surface area contributed by atoms with Crippen LogP contribution in [0.15, 0.2) is 6.33 Å². The van der Waals surface area contributed by atoms with E-state index in [0.29, 0.717) is 6.54 Å². The molecule has 1 fully saturated rings. The predicted octanol–water partition coefficient (Wildman–Crippen LogP) is 0.837. The number of rotatable bonds is 5. The maximum absolute atomic E-state index is 9.52. The Balaban J connectivity index is 1.78. The van der Waals surface area contributed by atoms with Gasteiger partial charge in [0.05, 0.1) is 6.54 Å². The van der Waals surface area contributed by atoms with Gasteiger partial charge in [-0.3, -0.25) is 5.10 Å². The van der Waals surface area contributed by atoms with Crippen LogP contribution in [0.5, 0.6) is 0 Å². The van der Waals surface area contributed by atoms with Crippen molar-refractivity contribution in [2.45, 2.75) is 38.6 Å². The van der Waals surface area contributed by atoms with Crippen molar-refractivity contribution in [1.82, 2.24) is 20.5 Å². The molecule has 0 bridgehead atoms. The van der Waals surface area contributed by atoms with Crippen LogP contribution in [0.2, 0.25) is 0 Å². The van der Waals surface area contributed by atoms with Gasteiger partial charge in [-0.25, -0.2) is 4.98 Å². The quantitative estimate of drug-likeness (QED) is 0.693. The van der Waals surface area contributed by atoms with Gasteiger partial charge in [0.15, 0.2) is 0 Å². The molecule has 5 heteroatoms. The number of nitrogens with zero attached hydrogens (tertiary/aromatic N) is 2. The van der Waals surface area contributed by atoms with Gasteiger partial charge in [-0.1, -0.05) is 19.3 Å². The third-order valence-electron chi connectivity index (χ3n) is 3.51. The first-order valence-electron chi connectivity index (χ1n) is 6.00. The van der Waals surface area contributed by atoms with Crippen LogP contribution in [0.1, 0.15) is 37.9 Å². The molecule has 0 aliphatic heterocycles. The van der Waals surface area contributed by atoms with Gasteiger partial charge >= 0.3 is 0 Å². The number of aromatic nitrogens is 3. The highest BCUT2D eigenvalue weighted by atomic mass is 16.3. The first-order valence-corrected chi connectivity index (χ1v) is 6.00. The molecule has 0 radical (unpaired) electrons. The first kappa shape index (κ1) is 11.5. The molecule has 0 saturated heterocycles. The van der Waals surface area contributed by atoms with Gasteiger partial charge < -0.3 is 10.4 Å². The molecule has 0 spiro atoms. The smallest absolute Gasteiger partial charge is 0.138 e. The zero-order chi connectivity index (χ0) is 11.3. The van der Waals surface area contributed by atoms with Crippen molar-refractivity contribution in [3.8, 4) is 0 Å². The lowest BCUT2D eigenvalue weighted by atomic mass is 9.74. The summed E-state index contributed by atoms with van der Waals surface area (Å²) in [6.07, 6.45) is 7.57. The number of hydrogen-bond acceptors (Lipinski definition) is 4. The summed E-state index contributed by atoms with van der Waals surface area (Å²) < 4.78 is 0. The summed E-state index contributed by atoms with van der Waals surface area (Å²) in [5.41, 5.74) is 0.0955. The van der Waals surface area contributed by atoms with Crippen molar-refractivity contribution in [3.63, 3.8) is 0 Å². The molecule has 1 aliphatic carbocycles. The molecule has 0 atom stereocenters. The molecule has 0 amide bonds. The van der Waals surface area contributed by atoms with E-state index in [1.165, 1.54) is 25.6 Å². The Hall–Kier alpha value is -0.940. The van der Waals surface area contributed by atoms with E-state index in [1.54, 1.807) is 0 Å². The fourth-order valence-electron chi connectivity index (χ4n) is 2.45. The SMILES string of the molecule is OCC1(CNCc2ncn[nH]2)CCCCC1. The summed E-state index contributed by atoms with van der Waals surface area (Å²) in [4.78, 5) is 4.06. The number of aliphatic hydroxyl groups is 1. The molecule has 0 unspecified atom stereocenters. The number of nitrogens with one attached hydrogen (secondary N) is 2. The van der Waals surface area contributed by atoms with Gasteiger partial charge in [0, 0.05) is 18.6 Å². The van der Waals surface area contributed by atoms with Crippen molar-refractivity contribution < 1.29 is 5.11 Å². The third kappa shape index (κ3) is 2.80. The summed E-state index contributed by atoms with van der Waals surface area (Å²) in [5.74, 6) is 0.851. The van der Waals surface area contributed by atoms with Gasteiger partial charge in [0.25, 0.3) is 0 Å². The lowest BCUT2D eigenvalue weighted by Gasteiger charge is -2.35. The molecular weight excluding hydrogens is 204 g/mol. The molecule has 1 saturated carbocycles. The Labute approximate surface area is 95.7 Å². The molecule has 1 aliphatic rings. The van der Waals surface area contributed by atoms with Crippen LogP contribution in [0.4, 0.5) is 0 Å². The second-order valence-electron chi connectivity index (χ2n) is 4.75. The summed E-state index contributed by atoms with van der Waals surface area (Å²) in [6.45, 7) is 1.85. The van der Waals surface area contributed by atoms with E-state index in [-0.39, 0.29) is 12.0 Å². The topological polar surface area (TPSA) is 73.8 Å². The molecule has 90 valence electrons. The molecule has 3 N–H and O–H groups in total. The molecule has 0 aromatic carbocycles. The van der Waals surface area contributed by atoms with Gasteiger partial charge in [-0.2, -0.15) is 5.10 Å². The Kier molecular flexibility index (Phi) is 3.90. The average molecular weight is 224 g/mol. The highest BCUT2D eigenvalue weighted by molar-refractivity contribution is 4.86. The Bertz CT molecular complexity index is 293. The molecular formula is C11H20N4O. The van der Waals surface area contributed by atoms with Crippen molar-refractivity contribution in [3.05, 3.63) is 12.2 Å². The van der Waals surface area contributed by atoms with E-state index in [0.717, 1.165) is 25.2 Å². The lowest BCUT2D eigenvalue weighted by molar-refractivity contribution is 0.0809. The second-order valence-corrected chi connectivity index (χ2v) is 4.75. The lowest BCUT2D eigenvalue weighted by Crippen LogP contribution is -2.39. The van der Waals surface area contributed by atoms with Crippen molar-refractivity contribution >= 4 is 0 Å². The van der Waals surface area contributed by atoms with Crippen molar-refractivity contribution in [1.29, 1.82) is 0 Å². The highest BCUT2D eigenvalue weighted by Gasteiger charge is 2.30.